The fraction of sp³-hybridized carbons (Fsp3) is 0.348. The lowest BCUT2D eigenvalue weighted by atomic mass is 9.97. The van der Waals surface area contributed by atoms with E-state index in [2.05, 4.69) is 10.2 Å². The van der Waals surface area contributed by atoms with Crippen molar-refractivity contribution in [2.75, 3.05) is 43.0 Å². The number of nitrogens with one attached hydrogen (secondary N) is 2. The van der Waals surface area contributed by atoms with Crippen LogP contribution in [0.4, 0.5) is 5.69 Å². The zero-order chi connectivity index (χ0) is 21.8. The number of fused-ring (bicyclic) bond motifs is 1. The van der Waals surface area contributed by atoms with Gasteiger partial charge in [-0.15, -0.1) is 0 Å². The minimum atomic E-state index is -0.840. The first-order valence-electron chi connectivity index (χ1n) is 10.4. The Morgan fingerprint density at radius 2 is 1.71 bits per heavy atom. The summed E-state index contributed by atoms with van der Waals surface area (Å²) in [6.07, 6.45) is 0.785. The third-order valence-electron chi connectivity index (χ3n) is 5.66. The van der Waals surface area contributed by atoms with E-state index in [4.69, 9.17) is 10.5 Å². The average Bonchev–Trinajstić information content (AvgIpc) is 2.79. The van der Waals surface area contributed by atoms with Crippen LogP contribution < -0.4 is 5.32 Å². The first-order chi connectivity index (χ1) is 15.0. The van der Waals surface area contributed by atoms with Crippen LogP contribution in [0.25, 0.3) is 0 Å². The summed E-state index contributed by atoms with van der Waals surface area (Å²) in [5.41, 5.74) is 4.25. The first kappa shape index (κ1) is 21.4. The van der Waals surface area contributed by atoms with Crippen molar-refractivity contribution in [3.05, 3.63) is 64.7 Å². The molecule has 1 fully saturated rings. The molecule has 0 aromatic heterocycles. The number of benzene rings is 2. The van der Waals surface area contributed by atoms with Gasteiger partial charge in [0.05, 0.1) is 6.54 Å². The minimum Gasteiger partial charge on any atom is -0.480 e. The molecule has 0 aliphatic carbocycles. The molecule has 4 rings (SSSR count). The molecule has 0 atom stereocenters. The summed E-state index contributed by atoms with van der Waals surface area (Å²) in [6.45, 7) is 3.04. The number of hydrogen-bond acceptors (Lipinski definition) is 5. The van der Waals surface area contributed by atoms with Gasteiger partial charge in [-0.05, 0) is 53.9 Å². The van der Waals surface area contributed by atoms with Gasteiger partial charge in [0, 0.05) is 54.5 Å². The fourth-order valence-corrected chi connectivity index (χ4v) is 4.87. The molecule has 162 valence electrons. The summed E-state index contributed by atoms with van der Waals surface area (Å²) < 4.78 is 0. The molecule has 31 heavy (non-hydrogen) atoms. The highest BCUT2D eigenvalue weighted by molar-refractivity contribution is 7.99. The first-order valence-corrected chi connectivity index (χ1v) is 11.5. The molecular weight excluding hydrogens is 412 g/mol. The molecule has 0 unspecified atom stereocenters. The van der Waals surface area contributed by atoms with E-state index in [0.717, 1.165) is 47.7 Å². The van der Waals surface area contributed by atoms with E-state index in [-0.39, 0.29) is 12.5 Å². The van der Waals surface area contributed by atoms with Crippen molar-refractivity contribution < 1.29 is 14.7 Å². The molecule has 1 amide bonds. The van der Waals surface area contributed by atoms with Gasteiger partial charge in [-0.1, -0.05) is 6.07 Å². The molecule has 2 aromatic carbocycles. The van der Waals surface area contributed by atoms with Crippen LogP contribution in [-0.4, -0.2) is 70.3 Å². The summed E-state index contributed by atoms with van der Waals surface area (Å²) in [4.78, 5) is 27.7. The smallest absolute Gasteiger partial charge is 0.317 e. The van der Waals surface area contributed by atoms with E-state index in [1.54, 1.807) is 0 Å². The lowest BCUT2D eigenvalue weighted by Crippen LogP contribution is -2.37. The average molecular weight is 439 g/mol. The zero-order valence-corrected chi connectivity index (χ0v) is 18.1. The number of carbonyl (C=O) groups is 2. The third kappa shape index (κ3) is 5.26. The van der Waals surface area contributed by atoms with Gasteiger partial charge in [0.1, 0.15) is 5.84 Å². The van der Waals surface area contributed by atoms with E-state index in [1.165, 1.54) is 0 Å². The fourth-order valence-electron chi connectivity index (χ4n) is 3.97. The molecule has 0 radical (unpaired) electrons. The van der Waals surface area contributed by atoms with Gasteiger partial charge >= 0.3 is 5.97 Å². The van der Waals surface area contributed by atoms with Crippen molar-refractivity contribution in [1.29, 1.82) is 5.41 Å². The third-order valence-corrected chi connectivity index (χ3v) is 6.60. The molecule has 7 nitrogen and oxygen atoms in total. The largest absolute Gasteiger partial charge is 0.480 e. The SMILES string of the molecule is N=C(c1ccc(NC(=O)c2ccc3c(c2)CN(CC(=O)O)CC3)cc1)N1CCSCC1. The second-order valence-corrected chi connectivity index (χ2v) is 9.04. The quantitative estimate of drug-likeness (QED) is 0.491. The van der Waals surface area contributed by atoms with Crippen LogP contribution in [-0.2, 0) is 17.8 Å². The molecular formula is C23H26N4O3S. The van der Waals surface area contributed by atoms with Crippen LogP contribution in [0.5, 0.6) is 0 Å². The van der Waals surface area contributed by atoms with Crippen molar-refractivity contribution >= 4 is 35.2 Å². The molecule has 1 saturated heterocycles. The van der Waals surface area contributed by atoms with Crippen LogP contribution in [0.2, 0.25) is 0 Å². The number of carboxylic acids is 1. The summed E-state index contributed by atoms with van der Waals surface area (Å²) >= 11 is 1.91. The highest BCUT2D eigenvalue weighted by Crippen LogP contribution is 2.21. The highest BCUT2D eigenvalue weighted by atomic mass is 32.2. The number of thioether (sulfide) groups is 1. The lowest BCUT2D eigenvalue weighted by molar-refractivity contribution is -0.138. The highest BCUT2D eigenvalue weighted by Gasteiger charge is 2.20. The molecule has 2 aliphatic heterocycles. The Morgan fingerprint density at radius 1 is 1.00 bits per heavy atom. The Kier molecular flexibility index (Phi) is 6.58. The number of anilines is 1. The number of carboxylic acid groups (broad SMARTS) is 1. The van der Waals surface area contributed by atoms with Crippen molar-refractivity contribution in [1.82, 2.24) is 9.80 Å². The second kappa shape index (κ2) is 9.53. The van der Waals surface area contributed by atoms with Crippen LogP contribution in [0.1, 0.15) is 27.0 Å². The van der Waals surface area contributed by atoms with Gasteiger partial charge in [-0.3, -0.25) is 19.9 Å². The topological polar surface area (TPSA) is 96.7 Å². The van der Waals surface area contributed by atoms with E-state index in [1.807, 2.05) is 59.1 Å². The number of amides is 1. The standard InChI is InChI=1S/C23H26N4O3S/c24-22(27-9-11-31-12-10-27)17-3-5-20(6-4-17)25-23(30)18-2-1-16-7-8-26(15-21(28)29)14-19(16)13-18/h1-6,13,24H,7-12,14-15H2,(H,25,30)(H,28,29). The number of nitrogens with zero attached hydrogens (tertiary/aromatic N) is 2. The van der Waals surface area contributed by atoms with Gasteiger partial charge in [0.2, 0.25) is 0 Å². The molecule has 3 N–H and O–H groups in total. The normalized spacial score (nSPS) is 16.5. The van der Waals surface area contributed by atoms with Crippen molar-refractivity contribution in [2.45, 2.75) is 13.0 Å². The number of rotatable bonds is 5. The molecule has 2 heterocycles. The van der Waals surface area contributed by atoms with Gasteiger partial charge in [-0.2, -0.15) is 11.8 Å². The Labute approximate surface area is 185 Å². The molecule has 0 bridgehead atoms. The monoisotopic (exact) mass is 438 g/mol. The Hall–Kier alpha value is -2.84. The molecule has 8 heteroatoms. The Morgan fingerprint density at radius 3 is 2.42 bits per heavy atom. The maximum absolute atomic E-state index is 12.8. The molecule has 0 saturated carbocycles. The Bertz CT molecular complexity index is 987. The number of carbonyl (C=O) groups excluding carboxylic acids is 1. The lowest BCUT2D eigenvalue weighted by Gasteiger charge is -2.28. The summed E-state index contributed by atoms with van der Waals surface area (Å²) in [6, 6.07) is 13.0. The maximum atomic E-state index is 12.8. The van der Waals surface area contributed by atoms with Crippen molar-refractivity contribution in [2.24, 2.45) is 0 Å². The van der Waals surface area contributed by atoms with Gasteiger partial charge in [-0.25, -0.2) is 0 Å². The predicted molar refractivity (Wildman–Crippen MR) is 123 cm³/mol. The van der Waals surface area contributed by atoms with Crippen LogP contribution in [0.3, 0.4) is 0 Å². The van der Waals surface area contributed by atoms with Crippen LogP contribution in [0.15, 0.2) is 42.5 Å². The van der Waals surface area contributed by atoms with E-state index in [9.17, 15) is 9.59 Å². The summed E-state index contributed by atoms with van der Waals surface area (Å²) in [5, 5.41) is 20.4. The van der Waals surface area contributed by atoms with Crippen molar-refractivity contribution in [3.63, 3.8) is 0 Å². The van der Waals surface area contributed by atoms with Gasteiger partial charge in [0.25, 0.3) is 5.91 Å². The summed E-state index contributed by atoms with van der Waals surface area (Å²) in [5.74, 6) is 1.58. The zero-order valence-electron chi connectivity index (χ0n) is 17.3. The molecule has 2 aliphatic rings. The molecule has 2 aromatic rings. The van der Waals surface area contributed by atoms with E-state index >= 15 is 0 Å². The van der Waals surface area contributed by atoms with Crippen LogP contribution >= 0.6 is 11.8 Å². The summed E-state index contributed by atoms with van der Waals surface area (Å²) in [7, 11) is 0. The van der Waals surface area contributed by atoms with E-state index in [0.29, 0.717) is 30.2 Å². The van der Waals surface area contributed by atoms with E-state index < -0.39 is 5.97 Å². The van der Waals surface area contributed by atoms with Crippen molar-refractivity contribution in [3.8, 4) is 0 Å². The number of aliphatic carboxylic acids is 1. The molecule has 0 spiro atoms. The van der Waals surface area contributed by atoms with Gasteiger partial charge in [0.15, 0.2) is 0 Å². The van der Waals surface area contributed by atoms with Gasteiger partial charge < -0.3 is 15.3 Å². The predicted octanol–water partition coefficient (Wildman–Crippen LogP) is 2.76. The second-order valence-electron chi connectivity index (χ2n) is 7.82. The maximum Gasteiger partial charge on any atom is 0.317 e. The minimum absolute atomic E-state index is 0.00743. The van der Waals surface area contributed by atoms with Crippen LogP contribution in [0, 0.1) is 5.41 Å². The Balaban J connectivity index is 1.40. The number of hydrogen-bond donors (Lipinski definition) is 3. The number of amidine groups is 1.